The van der Waals surface area contributed by atoms with E-state index in [1.807, 2.05) is 6.07 Å². The van der Waals surface area contributed by atoms with Crippen LogP contribution in [0.2, 0.25) is 0 Å². The molecule has 94 valence electrons. The van der Waals surface area contributed by atoms with Crippen LogP contribution in [0.15, 0.2) is 33.2 Å². The van der Waals surface area contributed by atoms with Crippen LogP contribution < -0.4 is 5.32 Å². The van der Waals surface area contributed by atoms with Crippen molar-refractivity contribution < 1.29 is 19.1 Å². The first-order valence-corrected chi connectivity index (χ1v) is 6.00. The predicted octanol–water partition coefficient (Wildman–Crippen LogP) is 2.40. The number of fused-ring (bicyclic) bond motifs is 1. The van der Waals surface area contributed by atoms with Crippen LogP contribution in [0, 0.1) is 0 Å². The van der Waals surface area contributed by atoms with Gasteiger partial charge in [-0.05, 0) is 35.0 Å². The molecule has 2 aromatic rings. The van der Waals surface area contributed by atoms with E-state index in [-0.39, 0.29) is 5.76 Å². The van der Waals surface area contributed by atoms with Gasteiger partial charge in [0.25, 0.3) is 5.91 Å². The van der Waals surface area contributed by atoms with Crippen molar-refractivity contribution in [3.8, 4) is 0 Å². The van der Waals surface area contributed by atoms with E-state index in [2.05, 4.69) is 21.2 Å². The molecule has 0 saturated carbocycles. The standard InChI is InChI=1S/C12H10BrNO4/c1-6(12(16)17)14-11(15)9-5-7-3-2-4-8(13)10(7)18-9/h2-6H,1H3,(H,14,15)(H,16,17)/t6-/m0/s1. The van der Waals surface area contributed by atoms with E-state index < -0.39 is 17.9 Å². The number of furan rings is 1. The third-order valence-corrected chi connectivity index (χ3v) is 3.06. The zero-order valence-electron chi connectivity index (χ0n) is 9.44. The first-order chi connectivity index (χ1) is 8.49. The van der Waals surface area contributed by atoms with Gasteiger partial charge in [0, 0.05) is 5.39 Å². The van der Waals surface area contributed by atoms with Gasteiger partial charge in [-0.25, -0.2) is 0 Å². The maximum atomic E-state index is 11.8. The highest BCUT2D eigenvalue weighted by atomic mass is 79.9. The Bertz CT molecular complexity index is 620. The largest absolute Gasteiger partial charge is 0.480 e. The summed E-state index contributed by atoms with van der Waals surface area (Å²) in [4.78, 5) is 22.4. The molecule has 0 spiro atoms. The smallest absolute Gasteiger partial charge is 0.325 e. The second kappa shape index (κ2) is 4.81. The molecule has 0 radical (unpaired) electrons. The zero-order valence-corrected chi connectivity index (χ0v) is 11.0. The van der Waals surface area contributed by atoms with Crippen molar-refractivity contribution in [3.63, 3.8) is 0 Å². The van der Waals surface area contributed by atoms with Crippen molar-refractivity contribution in [2.24, 2.45) is 0 Å². The van der Waals surface area contributed by atoms with Gasteiger partial charge < -0.3 is 14.8 Å². The topological polar surface area (TPSA) is 79.5 Å². The van der Waals surface area contributed by atoms with Gasteiger partial charge in [-0.15, -0.1) is 0 Å². The van der Waals surface area contributed by atoms with E-state index in [1.165, 1.54) is 6.92 Å². The maximum Gasteiger partial charge on any atom is 0.325 e. The minimum absolute atomic E-state index is 0.0880. The SMILES string of the molecule is C[C@H](NC(=O)c1cc2cccc(Br)c2o1)C(=O)O. The van der Waals surface area contributed by atoms with E-state index >= 15 is 0 Å². The maximum absolute atomic E-state index is 11.8. The third kappa shape index (κ3) is 2.38. The van der Waals surface area contributed by atoms with E-state index in [9.17, 15) is 9.59 Å². The van der Waals surface area contributed by atoms with Gasteiger partial charge >= 0.3 is 5.97 Å². The Labute approximate surface area is 111 Å². The van der Waals surface area contributed by atoms with Gasteiger partial charge in [-0.1, -0.05) is 12.1 Å². The molecular weight excluding hydrogens is 302 g/mol. The molecule has 5 nitrogen and oxygen atoms in total. The summed E-state index contributed by atoms with van der Waals surface area (Å²) >= 11 is 3.31. The number of rotatable bonds is 3. The molecular formula is C12H10BrNO4. The lowest BCUT2D eigenvalue weighted by atomic mass is 10.2. The van der Waals surface area contributed by atoms with Crippen LogP contribution in [-0.4, -0.2) is 23.0 Å². The summed E-state index contributed by atoms with van der Waals surface area (Å²) in [6.07, 6.45) is 0. The average Bonchev–Trinajstić information content (AvgIpc) is 2.74. The molecule has 1 amide bonds. The van der Waals surface area contributed by atoms with Crippen LogP contribution in [0.4, 0.5) is 0 Å². The van der Waals surface area contributed by atoms with E-state index in [1.54, 1.807) is 18.2 Å². The molecule has 1 atom stereocenters. The van der Waals surface area contributed by atoms with E-state index in [4.69, 9.17) is 9.52 Å². The van der Waals surface area contributed by atoms with Crippen LogP contribution >= 0.6 is 15.9 Å². The summed E-state index contributed by atoms with van der Waals surface area (Å²) in [5.74, 6) is -1.56. The fraction of sp³-hybridized carbons (Fsp3) is 0.167. The molecule has 0 bridgehead atoms. The molecule has 1 aromatic carbocycles. The fourth-order valence-corrected chi connectivity index (χ4v) is 1.93. The lowest BCUT2D eigenvalue weighted by Gasteiger charge is -2.06. The number of benzene rings is 1. The van der Waals surface area contributed by atoms with Crippen molar-refractivity contribution in [2.75, 3.05) is 0 Å². The number of hydrogen-bond acceptors (Lipinski definition) is 3. The third-order valence-electron chi connectivity index (χ3n) is 2.44. The van der Waals surface area contributed by atoms with Crippen LogP contribution in [0.1, 0.15) is 17.5 Å². The monoisotopic (exact) mass is 311 g/mol. The molecule has 0 unspecified atom stereocenters. The highest BCUT2D eigenvalue weighted by Gasteiger charge is 2.18. The second-order valence-electron chi connectivity index (χ2n) is 3.80. The first-order valence-electron chi connectivity index (χ1n) is 5.21. The zero-order chi connectivity index (χ0) is 13.3. The van der Waals surface area contributed by atoms with Crippen molar-refractivity contribution in [1.29, 1.82) is 0 Å². The van der Waals surface area contributed by atoms with Crippen molar-refractivity contribution in [3.05, 3.63) is 34.5 Å². The van der Waals surface area contributed by atoms with Crippen LogP contribution in [0.5, 0.6) is 0 Å². The first kappa shape index (κ1) is 12.6. The number of carboxylic acid groups (broad SMARTS) is 1. The van der Waals surface area contributed by atoms with Crippen LogP contribution in [0.25, 0.3) is 11.0 Å². The molecule has 0 fully saturated rings. The average molecular weight is 312 g/mol. The van der Waals surface area contributed by atoms with Gasteiger partial charge in [-0.2, -0.15) is 0 Å². The number of hydrogen-bond donors (Lipinski definition) is 2. The van der Waals surface area contributed by atoms with Gasteiger partial charge in [0.15, 0.2) is 5.76 Å². The van der Waals surface area contributed by atoms with Crippen molar-refractivity contribution >= 4 is 38.8 Å². The van der Waals surface area contributed by atoms with Gasteiger partial charge in [-0.3, -0.25) is 9.59 Å². The number of carbonyl (C=O) groups excluding carboxylic acids is 1. The fourth-order valence-electron chi connectivity index (χ4n) is 1.47. The number of amides is 1. The number of carboxylic acids is 1. The van der Waals surface area contributed by atoms with Crippen LogP contribution in [0.3, 0.4) is 0 Å². The molecule has 2 N–H and O–H groups in total. The van der Waals surface area contributed by atoms with Crippen molar-refractivity contribution in [2.45, 2.75) is 13.0 Å². The number of aliphatic carboxylic acids is 1. The highest BCUT2D eigenvalue weighted by Crippen LogP contribution is 2.26. The Morgan fingerprint density at radius 2 is 2.17 bits per heavy atom. The number of halogens is 1. The molecule has 0 aliphatic carbocycles. The van der Waals surface area contributed by atoms with Crippen molar-refractivity contribution in [1.82, 2.24) is 5.32 Å². The lowest BCUT2D eigenvalue weighted by molar-refractivity contribution is -0.138. The molecule has 0 aliphatic heterocycles. The predicted molar refractivity (Wildman–Crippen MR) is 68.5 cm³/mol. The Balaban J connectivity index is 2.29. The summed E-state index contributed by atoms with van der Waals surface area (Å²) in [7, 11) is 0. The Morgan fingerprint density at radius 3 is 2.78 bits per heavy atom. The summed E-state index contributed by atoms with van der Waals surface area (Å²) in [5, 5.41) is 11.8. The molecule has 1 aromatic heterocycles. The summed E-state index contributed by atoms with van der Waals surface area (Å²) in [6.45, 7) is 1.39. The van der Waals surface area contributed by atoms with Gasteiger partial charge in [0.1, 0.15) is 11.6 Å². The highest BCUT2D eigenvalue weighted by molar-refractivity contribution is 9.10. The minimum Gasteiger partial charge on any atom is -0.480 e. The number of carbonyl (C=O) groups is 2. The molecule has 6 heteroatoms. The molecule has 18 heavy (non-hydrogen) atoms. The quantitative estimate of drug-likeness (QED) is 0.912. The summed E-state index contributed by atoms with van der Waals surface area (Å²) in [6, 6.07) is 6.04. The molecule has 0 aliphatic rings. The van der Waals surface area contributed by atoms with E-state index in [0.717, 1.165) is 9.86 Å². The molecule has 0 saturated heterocycles. The Morgan fingerprint density at radius 1 is 1.44 bits per heavy atom. The lowest BCUT2D eigenvalue weighted by Crippen LogP contribution is -2.38. The van der Waals surface area contributed by atoms with Gasteiger partial charge in [0.2, 0.25) is 0 Å². The van der Waals surface area contributed by atoms with E-state index in [0.29, 0.717) is 5.58 Å². The Kier molecular flexibility index (Phi) is 3.38. The van der Waals surface area contributed by atoms with Crippen LogP contribution in [-0.2, 0) is 4.79 Å². The minimum atomic E-state index is -1.10. The molecule has 2 rings (SSSR count). The number of para-hydroxylation sites is 1. The second-order valence-corrected chi connectivity index (χ2v) is 4.66. The molecule has 1 heterocycles. The number of nitrogens with one attached hydrogen (secondary N) is 1. The van der Waals surface area contributed by atoms with Gasteiger partial charge in [0.05, 0.1) is 4.47 Å². The summed E-state index contributed by atoms with van der Waals surface area (Å²) in [5.41, 5.74) is 0.561. The summed E-state index contributed by atoms with van der Waals surface area (Å²) < 4.78 is 6.13. The Hall–Kier alpha value is -1.82. The normalized spacial score (nSPS) is 12.3.